The van der Waals surface area contributed by atoms with Gasteiger partial charge < -0.3 is 25.4 Å². The van der Waals surface area contributed by atoms with Gasteiger partial charge in [-0.05, 0) is 88.7 Å². The van der Waals surface area contributed by atoms with E-state index >= 15 is 0 Å². The summed E-state index contributed by atoms with van der Waals surface area (Å²) < 4.78 is 11.6. The maximum absolute atomic E-state index is 13.4. The summed E-state index contributed by atoms with van der Waals surface area (Å²) in [5.74, 6) is 0.174. The quantitative estimate of drug-likeness (QED) is 0.125. The topological polar surface area (TPSA) is 106 Å². The molecule has 8 nitrogen and oxygen atoms in total. The number of thioether (sulfide) groups is 1. The van der Waals surface area contributed by atoms with Crippen molar-refractivity contribution in [1.29, 1.82) is 0 Å². The minimum absolute atomic E-state index is 0.0117. The third-order valence-corrected chi connectivity index (χ3v) is 7.60. The van der Waals surface area contributed by atoms with E-state index in [0.717, 1.165) is 9.37 Å². The number of ether oxygens (including phenoxy) is 2. The molecule has 10 heteroatoms. The van der Waals surface area contributed by atoms with Crippen molar-refractivity contribution in [3.05, 3.63) is 118 Å². The SMILES string of the molecule is COc1ccc(OC)c(/C=C(\NC(=O)c2ccccc2)C(=O)Nc2ccc(SCC(=O)Nc3ccccc3Br)cc2)c1. The fraction of sp³-hybridized carbons (Fsp3) is 0.0938. The van der Waals surface area contributed by atoms with Gasteiger partial charge in [0.2, 0.25) is 5.91 Å². The van der Waals surface area contributed by atoms with Crippen molar-refractivity contribution < 1.29 is 23.9 Å². The molecule has 0 aliphatic rings. The Hall–Kier alpha value is -4.54. The molecule has 0 heterocycles. The Labute approximate surface area is 256 Å². The van der Waals surface area contributed by atoms with E-state index in [2.05, 4.69) is 31.9 Å². The molecule has 0 spiro atoms. The van der Waals surface area contributed by atoms with Crippen LogP contribution in [0.5, 0.6) is 11.5 Å². The van der Waals surface area contributed by atoms with E-state index < -0.39 is 11.8 Å². The van der Waals surface area contributed by atoms with Gasteiger partial charge in [-0.3, -0.25) is 14.4 Å². The third kappa shape index (κ3) is 8.48. The Kier molecular flexibility index (Phi) is 10.8. The van der Waals surface area contributed by atoms with Crippen LogP contribution in [0.1, 0.15) is 15.9 Å². The molecule has 0 aliphatic carbocycles. The van der Waals surface area contributed by atoms with Crippen LogP contribution in [0.2, 0.25) is 0 Å². The van der Waals surface area contributed by atoms with Gasteiger partial charge in [-0.25, -0.2) is 0 Å². The van der Waals surface area contributed by atoms with Gasteiger partial charge >= 0.3 is 0 Å². The number of amides is 3. The van der Waals surface area contributed by atoms with Gasteiger partial charge in [-0.15, -0.1) is 11.8 Å². The second-order valence-corrected chi connectivity index (χ2v) is 10.7. The minimum Gasteiger partial charge on any atom is -0.497 e. The maximum atomic E-state index is 13.4. The molecule has 0 radical (unpaired) electrons. The Bertz CT molecular complexity index is 1590. The highest BCUT2D eigenvalue weighted by molar-refractivity contribution is 9.10. The zero-order valence-corrected chi connectivity index (χ0v) is 25.3. The molecule has 0 saturated heterocycles. The van der Waals surface area contributed by atoms with Crippen LogP contribution in [-0.4, -0.2) is 37.7 Å². The van der Waals surface area contributed by atoms with Crippen molar-refractivity contribution in [3.63, 3.8) is 0 Å². The number of methoxy groups -OCH3 is 2. The average molecular weight is 647 g/mol. The molecular weight excluding hydrogens is 618 g/mol. The first-order valence-electron chi connectivity index (χ1n) is 12.7. The lowest BCUT2D eigenvalue weighted by molar-refractivity contribution is -0.114. The number of hydrogen-bond acceptors (Lipinski definition) is 6. The summed E-state index contributed by atoms with van der Waals surface area (Å²) in [4.78, 5) is 39.6. The Morgan fingerprint density at radius 1 is 0.833 bits per heavy atom. The number of rotatable bonds is 11. The number of halogens is 1. The lowest BCUT2D eigenvalue weighted by Crippen LogP contribution is -2.30. The molecule has 3 amide bonds. The summed E-state index contributed by atoms with van der Waals surface area (Å²) in [6.45, 7) is 0. The summed E-state index contributed by atoms with van der Waals surface area (Å²) in [5, 5.41) is 8.42. The van der Waals surface area contributed by atoms with E-state index in [-0.39, 0.29) is 17.4 Å². The lowest BCUT2D eigenvalue weighted by atomic mass is 10.1. The molecule has 0 bridgehead atoms. The zero-order chi connectivity index (χ0) is 29.9. The van der Waals surface area contributed by atoms with Crippen molar-refractivity contribution in [2.45, 2.75) is 4.90 Å². The molecule has 0 atom stereocenters. The molecule has 0 fully saturated rings. The molecule has 0 aliphatic heterocycles. The fourth-order valence-electron chi connectivity index (χ4n) is 3.78. The van der Waals surface area contributed by atoms with Gasteiger partial charge in [0.25, 0.3) is 11.8 Å². The molecule has 4 aromatic rings. The average Bonchev–Trinajstić information content (AvgIpc) is 3.01. The standard InChI is InChI=1S/C32H28BrN3O5S/c1-40-24-14-17-29(41-2)22(18-24)19-28(36-31(38)21-8-4-3-5-9-21)32(39)34-23-12-15-25(16-13-23)42-20-30(37)35-27-11-7-6-10-26(27)33/h3-19H,20H2,1-2H3,(H,34,39)(H,35,37)(H,36,38)/b28-19-. The van der Waals surface area contributed by atoms with Gasteiger partial charge in [0.05, 0.1) is 25.7 Å². The zero-order valence-electron chi connectivity index (χ0n) is 22.8. The maximum Gasteiger partial charge on any atom is 0.272 e. The Balaban J connectivity index is 1.47. The van der Waals surface area contributed by atoms with Gasteiger partial charge in [-0.2, -0.15) is 0 Å². The number of nitrogens with one attached hydrogen (secondary N) is 3. The van der Waals surface area contributed by atoms with Crippen LogP contribution in [0.15, 0.2) is 112 Å². The predicted molar refractivity (Wildman–Crippen MR) is 170 cm³/mol. The normalized spacial score (nSPS) is 10.9. The molecule has 0 aromatic heterocycles. The van der Waals surface area contributed by atoms with E-state index in [1.807, 2.05) is 36.4 Å². The number of anilines is 2. The van der Waals surface area contributed by atoms with Gasteiger partial charge in [0.1, 0.15) is 17.2 Å². The highest BCUT2D eigenvalue weighted by Crippen LogP contribution is 2.27. The lowest BCUT2D eigenvalue weighted by Gasteiger charge is -2.13. The predicted octanol–water partition coefficient (Wildman–Crippen LogP) is 6.61. The van der Waals surface area contributed by atoms with Gasteiger partial charge in [0.15, 0.2) is 0 Å². The molecule has 0 saturated carbocycles. The smallest absolute Gasteiger partial charge is 0.272 e. The number of hydrogen-bond donors (Lipinski definition) is 3. The summed E-state index contributed by atoms with van der Waals surface area (Å²) in [7, 11) is 3.06. The second-order valence-electron chi connectivity index (χ2n) is 8.78. The van der Waals surface area contributed by atoms with Crippen LogP contribution >= 0.6 is 27.7 Å². The highest BCUT2D eigenvalue weighted by Gasteiger charge is 2.17. The monoisotopic (exact) mass is 645 g/mol. The third-order valence-electron chi connectivity index (χ3n) is 5.90. The number of benzene rings is 4. The number of carbonyl (C=O) groups is 3. The van der Waals surface area contributed by atoms with Crippen LogP contribution in [0.4, 0.5) is 11.4 Å². The Morgan fingerprint density at radius 2 is 1.55 bits per heavy atom. The van der Waals surface area contributed by atoms with Crippen molar-refractivity contribution in [3.8, 4) is 11.5 Å². The van der Waals surface area contributed by atoms with Crippen LogP contribution in [0.3, 0.4) is 0 Å². The van der Waals surface area contributed by atoms with E-state index in [1.165, 1.54) is 32.1 Å². The Morgan fingerprint density at radius 3 is 2.24 bits per heavy atom. The summed E-state index contributed by atoms with van der Waals surface area (Å²) in [5.41, 5.74) is 2.18. The minimum atomic E-state index is -0.530. The molecule has 4 aromatic carbocycles. The molecule has 3 N–H and O–H groups in total. The van der Waals surface area contributed by atoms with Crippen molar-refractivity contribution in [1.82, 2.24) is 5.32 Å². The van der Waals surface area contributed by atoms with Crippen LogP contribution in [0, 0.1) is 0 Å². The molecule has 4 rings (SSSR count). The first kappa shape index (κ1) is 30.4. The number of para-hydroxylation sites is 1. The van der Waals surface area contributed by atoms with Crippen LogP contribution in [-0.2, 0) is 9.59 Å². The first-order valence-corrected chi connectivity index (χ1v) is 14.5. The van der Waals surface area contributed by atoms with Gasteiger partial charge in [0, 0.05) is 26.2 Å². The van der Waals surface area contributed by atoms with Crippen molar-refractivity contribution in [2.75, 3.05) is 30.6 Å². The van der Waals surface area contributed by atoms with Crippen molar-refractivity contribution in [2.24, 2.45) is 0 Å². The summed E-state index contributed by atoms with van der Waals surface area (Å²) in [6.07, 6.45) is 1.53. The fourth-order valence-corrected chi connectivity index (χ4v) is 4.86. The molecule has 214 valence electrons. The molecule has 42 heavy (non-hydrogen) atoms. The van der Waals surface area contributed by atoms with E-state index in [4.69, 9.17) is 9.47 Å². The van der Waals surface area contributed by atoms with E-state index in [9.17, 15) is 14.4 Å². The van der Waals surface area contributed by atoms with Crippen molar-refractivity contribution >= 4 is 62.9 Å². The summed E-state index contributed by atoms with van der Waals surface area (Å²) >= 11 is 4.79. The first-order chi connectivity index (χ1) is 20.4. The largest absolute Gasteiger partial charge is 0.497 e. The van der Waals surface area contributed by atoms with Crippen LogP contribution in [0.25, 0.3) is 6.08 Å². The van der Waals surface area contributed by atoms with E-state index in [0.29, 0.717) is 34.0 Å². The summed E-state index contributed by atoms with van der Waals surface area (Å²) in [6, 6.07) is 28.3. The molecular formula is C32H28BrN3O5S. The van der Waals surface area contributed by atoms with E-state index in [1.54, 1.807) is 60.7 Å². The molecule has 0 unspecified atom stereocenters. The van der Waals surface area contributed by atoms with Crippen LogP contribution < -0.4 is 25.4 Å². The second kappa shape index (κ2) is 14.9. The van der Waals surface area contributed by atoms with Gasteiger partial charge in [-0.1, -0.05) is 30.3 Å². The highest BCUT2D eigenvalue weighted by atomic mass is 79.9. The number of carbonyl (C=O) groups excluding carboxylic acids is 3.